The minimum atomic E-state index is -0.922. The molecule has 0 aliphatic rings. The van der Waals surface area contributed by atoms with Gasteiger partial charge in [-0.1, -0.05) is 0 Å². The van der Waals surface area contributed by atoms with E-state index in [-0.39, 0.29) is 27.9 Å². The number of aromatic hydroxyl groups is 2. The molecular formula is C11H7N3O3. The molecule has 6 heteroatoms. The molecule has 0 aliphatic heterocycles. The lowest BCUT2D eigenvalue weighted by atomic mass is 10.1. The third-order valence-corrected chi connectivity index (χ3v) is 2.30. The van der Waals surface area contributed by atoms with Gasteiger partial charge < -0.3 is 15.9 Å². The number of fused-ring (bicyclic) bond motifs is 1. The van der Waals surface area contributed by atoms with Gasteiger partial charge in [0, 0.05) is 10.8 Å². The lowest BCUT2D eigenvalue weighted by molar-refractivity contribution is 0.0993. The molecular weight excluding hydrogens is 222 g/mol. The number of carbonyl (C=O) groups is 1. The Labute approximate surface area is 95.5 Å². The van der Waals surface area contributed by atoms with Crippen LogP contribution < -0.4 is 5.73 Å². The number of hydrogen-bond donors (Lipinski definition) is 3. The summed E-state index contributed by atoms with van der Waals surface area (Å²) in [5.74, 6) is -1.39. The number of nitrogens with two attached hydrogens (primary N) is 1. The highest BCUT2D eigenvalue weighted by Crippen LogP contribution is 2.31. The van der Waals surface area contributed by atoms with Crippen LogP contribution in [0.15, 0.2) is 18.2 Å². The second kappa shape index (κ2) is 3.64. The molecule has 17 heavy (non-hydrogen) atoms. The van der Waals surface area contributed by atoms with E-state index in [1.165, 1.54) is 18.2 Å². The van der Waals surface area contributed by atoms with Crippen molar-refractivity contribution in [3.05, 3.63) is 29.6 Å². The third-order valence-electron chi connectivity index (χ3n) is 2.30. The maximum absolute atomic E-state index is 11.0. The molecule has 1 aromatic carbocycles. The largest absolute Gasteiger partial charge is 0.508 e. The summed E-state index contributed by atoms with van der Waals surface area (Å²) in [5, 5.41) is 28.5. The molecule has 0 fully saturated rings. The van der Waals surface area contributed by atoms with E-state index in [1.54, 1.807) is 6.07 Å². The van der Waals surface area contributed by atoms with Crippen molar-refractivity contribution in [1.29, 1.82) is 5.26 Å². The fraction of sp³-hybridized carbons (Fsp3) is 0. The van der Waals surface area contributed by atoms with Crippen LogP contribution in [0.3, 0.4) is 0 Å². The van der Waals surface area contributed by atoms with Gasteiger partial charge in [-0.3, -0.25) is 4.79 Å². The van der Waals surface area contributed by atoms with Crippen LogP contribution in [0, 0.1) is 11.3 Å². The van der Waals surface area contributed by atoms with Gasteiger partial charge in [-0.2, -0.15) is 5.26 Å². The normalized spacial score (nSPS) is 10.1. The molecule has 2 aromatic rings. The van der Waals surface area contributed by atoms with Crippen molar-refractivity contribution in [2.75, 3.05) is 0 Å². The number of benzene rings is 1. The van der Waals surface area contributed by atoms with Crippen molar-refractivity contribution in [1.82, 2.24) is 4.98 Å². The number of nitrogens with zero attached hydrogens (tertiary/aromatic N) is 2. The highest BCUT2D eigenvalue weighted by molar-refractivity contribution is 6.02. The van der Waals surface area contributed by atoms with Crippen LogP contribution in [-0.4, -0.2) is 21.1 Å². The van der Waals surface area contributed by atoms with Crippen LogP contribution in [0.4, 0.5) is 0 Å². The quantitative estimate of drug-likeness (QED) is 0.661. The Morgan fingerprint density at radius 3 is 2.65 bits per heavy atom. The van der Waals surface area contributed by atoms with E-state index in [0.29, 0.717) is 0 Å². The standard InChI is InChI=1S/C11H7N3O3/c12-4-8-7-3-5(15)1-2-6(7)10(16)9(14-8)11(13)17/h1-3,15-16H,(H2,13,17). The fourth-order valence-corrected chi connectivity index (χ4v) is 1.54. The highest BCUT2D eigenvalue weighted by Gasteiger charge is 2.17. The maximum atomic E-state index is 11.0. The van der Waals surface area contributed by atoms with Gasteiger partial charge in [0.1, 0.15) is 17.5 Å². The first-order chi connectivity index (χ1) is 8.04. The summed E-state index contributed by atoms with van der Waals surface area (Å²) in [6, 6.07) is 5.77. The molecule has 6 nitrogen and oxygen atoms in total. The second-order valence-corrected chi connectivity index (χ2v) is 3.36. The molecule has 1 aromatic heterocycles. The third kappa shape index (κ3) is 1.59. The smallest absolute Gasteiger partial charge is 0.271 e. The highest BCUT2D eigenvalue weighted by atomic mass is 16.3. The van der Waals surface area contributed by atoms with Crippen molar-refractivity contribution in [3.8, 4) is 17.6 Å². The number of hydrogen-bond acceptors (Lipinski definition) is 5. The minimum Gasteiger partial charge on any atom is -0.508 e. The van der Waals surface area contributed by atoms with Crippen molar-refractivity contribution >= 4 is 16.7 Å². The Kier molecular flexibility index (Phi) is 2.29. The van der Waals surface area contributed by atoms with Crippen LogP contribution in [0.5, 0.6) is 11.5 Å². The number of aromatic nitrogens is 1. The Bertz CT molecular complexity index is 674. The first kappa shape index (κ1) is 10.7. The van der Waals surface area contributed by atoms with E-state index >= 15 is 0 Å². The van der Waals surface area contributed by atoms with E-state index < -0.39 is 11.7 Å². The Morgan fingerprint density at radius 2 is 2.06 bits per heavy atom. The molecule has 2 rings (SSSR count). The van der Waals surface area contributed by atoms with Gasteiger partial charge in [0.2, 0.25) is 0 Å². The number of primary amides is 1. The van der Waals surface area contributed by atoms with E-state index in [4.69, 9.17) is 11.0 Å². The zero-order valence-electron chi connectivity index (χ0n) is 8.51. The van der Waals surface area contributed by atoms with Gasteiger partial charge in [0.25, 0.3) is 5.91 Å². The van der Waals surface area contributed by atoms with Gasteiger partial charge in [-0.25, -0.2) is 4.98 Å². The monoisotopic (exact) mass is 229 g/mol. The van der Waals surface area contributed by atoms with Crippen molar-refractivity contribution in [2.45, 2.75) is 0 Å². The first-order valence-corrected chi connectivity index (χ1v) is 4.60. The number of nitriles is 1. The second-order valence-electron chi connectivity index (χ2n) is 3.36. The van der Waals surface area contributed by atoms with Gasteiger partial charge in [0.05, 0.1) is 0 Å². The zero-order valence-corrected chi connectivity index (χ0v) is 8.51. The molecule has 0 atom stereocenters. The van der Waals surface area contributed by atoms with E-state index in [1.807, 2.05) is 0 Å². The van der Waals surface area contributed by atoms with Gasteiger partial charge >= 0.3 is 0 Å². The predicted molar refractivity (Wildman–Crippen MR) is 58.3 cm³/mol. The lowest BCUT2D eigenvalue weighted by Gasteiger charge is -2.06. The number of phenolic OH excluding ortho intramolecular Hbond substituents is 1. The number of carbonyl (C=O) groups excluding carboxylic acids is 1. The van der Waals surface area contributed by atoms with Crippen molar-refractivity contribution in [3.63, 3.8) is 0 Å². The fourth-order valence-electron chi connectivity index (χ4n) is 1.54. The molecule has 0 saturated heterocycles. The topological polar surface area (TPSA) is 120 Å². The molecule has 4 N–H and O–H groups in total. The number of phenols is 1. The molecule has 0 saturated carbocycles. The Morgan fingerprint density at radius 1 is 1.35 bits per heavy atom. The lowest BCUT2D eigenvalue weighted by Crippen LogP contribution is -2.14. The molecule has 0 radical (unpaired) electrons. The number of amides is 1. The van der Waals surface area contributed by atoms with Crippen LogP contribution in [0.2, 0.25) is 0 Å². The minimum absolute atomic E-state index is 0.0676. The Balaban J connectivity index is 2.96. The molecule has 0 unspecified atom stereocenters. The average Bonchev–Trinajstić information content (AvgIpc) is 2.29. The zero-order chi connectivity index (χ0) is 12.6. The molecule has 1 amide bonds. The number of rotatable bonds is 1. The summed E-state index contributed by atoms with van der Waals surface area (Å²) < 4.78 is 0. The van der Waals surface area contributed by atoms with E-state index in [0.717, 1.165) is 0 Å². The predicted octanol–water partition coefficient (Wildman–Crippen LogP) is 0.617. The molecule has 0 bridgehead atoms. The molecule has 0 spiro atoms. The maximum Gasteiger partial charge on any atom is 0.271 e. The van der Waals surface area contributed by atoms with E-state index in [9.17, 15) is 15.0 Å². The van der Waals surface area contributed by atoms with Crippen LogP contribution >= 0.6 is 0 Å². The average molecular weight is 229 g/mol. The van der Waals surface area contributed by atoms with Crippen molar-refractivity contribution in [2.24, 2.45) is 5.73 Å². The van der Waals surface area contributed by atoms with Crippen LogP contribution in [-0.2, 0) is 0 Å². The molecule has 0 aliphatic carbocycles. The van der Waals surface area contributed by atoms with E-state index in [2.05, 4.69) is 4.98 Å². The summed E-state index contributed by atoms with van der Waals surface area (Å²) in [6.07, 6.45) is 0. The first-order valence-electron chi connectivity index (χ1n) is 4.60. The summed E-state index contributed by atoms with van der Waals surface area (Å²) in [6.45, 7) is 0. The van der Waals surface area contributed by atoms with Gasteiger partial charge in [-0.15, -0.1) is 0 Å². The Hall–Kier alpha value is -2.81. The summed E-state index contributed by atoms with van der Waals surface area (Å²) in [7, 11) is 0. The van der Waals surface area contributed by atoms with Crippen LogP contribution in [0.25, 0.3) is 10.8 Å². The summed E-state index contributed by atoms with van der Waals surface area (Å²) in [5.41, 5.74) is 4.60. The molecule has 1 heterocycles. The summed E-state index contributed by atoms with van der Waals surface area (Å²) >= 11 is 0. The summed E-state index contributed by atoms with van der Waals surface area (Å²) in [4.78, 5) is 14.7. The number of pyridine rings is 1. The molecule has 84 valence electrons. The van der Waals surface area contributed by atoms with Gasteiger partial charge in [-0.05, 0) is 18.2 Å². The van der Waals surface area contributed by atoms with Crippen LogP contribution in [0.1, 0.15) is 16.2 Å². The van der Waals surface area contributed by atoms with Gasteiger partial charge in [0.15, 0.2) is 11.4 Å². The SMILES string of the molecule is N#Cc1nc(C(N)=O)c(O)c2ccc(O)cc12. The van der Waals surface area contributed by atoms with Crippen molar-refractivity contribution < 1.29 is 15.0 Å².